The second-order valence-corrected chi connectivity index (χ2v) is 6.11. The molecule has 0 bridgehead atoms. The minimum Gasteiger partial charge on any atom is -0.449 e. The molecule has 0 saturated heterocycles. The number of ether oxygens (including phenoxy) is 1. The minimum atomic E-state index is -0.972. The smallest absolute Gasteiger partial charge is 0.331 e. The molecule has 0 radical (unpaired) electrons. The Morgan fingerprint density at radius 3 is 2.83 bits per heavy atom. The highest BCUT2D eigenvalue weighted by Gasteiger charge is 2.17. The summed E-state index contributed by atoms with van der Waals surface area (Å²) in [5, 5.41) is 13.5. The number of carbonyl (C=O) groups is 2. The third-order valence-corrected chi connectivity index (χ3v) is 4.10. The first-order chi connectivity index (χ1) is 11.5. The van der Waals surface area contributed by atoms with Crippen molar-refractivity contribution >= 4 is 46.6 Å². The maximum Gasteiger partial charge on any atom is 0.331 e. The quantitative estimate of drug-likeness (QED) is 0.648. The summed E-state index contributed by atoms with van der Waals surface area (Å²) in [7, 11) is 0. The number of hydrogen-bond acceptors (Lipinski definition) is 5. The van der Waals surface area contributed by atoms with Crippen molar-refractivity contribution in [1.82, 2.24) is 0 Å². The Morgan fingerprint density at radius 2 is 2.21 bits per heavy atom. The Balaban J connectivity index is 1.91. The van der Waals surface area contributed by atoms with Crippen molar-refractivity contribution in [3.8, 4) is 6.07 Å². The molecule has 0 aliphatic rings. The third kappa shape index (κ3) is 4.95. The van der Waals surface area contributed by atoms with E-state index in [1.165, 1.54) is 36.5 Å². The molecule has 1 N–H and O–H groups in total. The van der Waals surface area contributed by atoms with Gasteiger partial charge < -0.3 is 10.1 Å². The fourth-order valence-electron chi connectivity index (χ4n) is 1.73. The van der Waals surface area contributed by atoms with Crippen LogP contribution in [0.15, 0.2) is 41.8 Å². The zero-order valence-corrected chi connectivity index (χ0v) is 14.2. The van der Waals surface area contributed by atoms with E-state index >= 15 is 0 Å². The number of benzene rings is 1. The first-order valence-corrected chi connectivity index (χ1v) is 8.18. The van der Waals surface area contributed by atoms with E-state index < -0.39 is 18.0 Å². The van der Waals surface area contributed by atoms with Crippen LogP contribution >= 0.6 is 22.9 Å². The summed E-state index contributed by atoms with van der Waals surface area (Å²) in [6.07, 6.45) is 1.92. The van der Waals surface area contributed by atoms with Crippen LogP contribution in [0.25, 0.3) is 6.08 Å². The Kier molecular flexibility index (Phi) is 6.13. The zero-order valence-electron chi connectivity index (χ0n) is 12.7. The molecule has 1 amide bonds. The number of rotatable bonds is 5. The second kappa shape index (κ2) is 8.29. The monoisotopic (exact) mass is 360 g/mol. The normalized spacial score (nSPS) is 11.7. The van der Waals surface area contributed by atoms with Crippen molar-refractivity contribution in [2.45, 2.75) is 13.0 Å². The summed E-state index contributed by atoms with van der Waals surface area (Å²) in [5.74, 6) is -1.10. The van der Waals surface area contributed by atoms with Gasteiger partial charge in [0.25, 0.3) is 5.91 Å². The van der Waals surface area contributed by atoms with Crippen LogP contribution in [0.5, 0.6) is 0 Å². The predicted molar refractivity (Wildman–Crippen MR) is 93.7 cm³/mol. The topological polar surface area (TPSA) is 79.2 Å². The van der Waals surface area contributed by atoms with Crippen LogP contribution in [0.2, 0.25) is 5.02 Å². The standard InChI is InChI=1S/C17H13ClN2O3S/c1-11(23-16(21)7-6-14-3-2-8-24-14)17(22)20-13-5-4-12(10-19)15(18)9-13/h2-9,11H,1H3,(H,20,22)/b7-6+/t11-/m1/s1. The van der Waals surface area contributed by atoms with Crippen LogP contribution in [0.4, 0.5) is 5.69 Å². The molecule has 0 unspecified atom stereocenters. The maximum absolute atomic E-state index is 12.0. The summed E-state index contributed by atoms with van der Waals surface area (Å²) in [6.45, 7) is 1.47. The largest absolute Gasteiger partial charge is 0.449 e. The Bertz CT molecular complexity index is 810. The molecular formula is C17H13ClN2O3S. The first-order valence-electron chi connectivity index (χ1n) is 6.92. The van der Waals surface area contributed by atoms with Crippen LogP contribution < -0.4 is 5.32 Å². The van der Waals surface area contributed by atoms with Gasteiger partial charge in [0.15, 0.2) is 6.10 Å². The maximum atomic E-state index is 12.0. The van der Waals surface area contributed by atoms with E-state index in [4.69, 9.17) is 21.6 Å². The zero-order chi connectivity index (χ0) is 17.5. The average Bonchev–Trinajstić information content (AvgIpc) is 3.06. The second-order valence-electron chi connectivity index (χ2n) is 4.72. The van der Waals surface area contributed by atoms with Crippen molar-refractivity contribution in [2.24, 2.45) is 0 Å². The summed E-state index contributed by atoms with van der Waals surface area (Å²) >= 11 is 7.39. The van der Waals surface area contributed by atoms with Crippen LogP contribution in [0.3, 0.4) is 0 Å². The molecule has 1 aromatic carbocycles. The Morgan fingerprint density at radius 1 is 1.42 bits per heavy atom. The summed E-state index contributed by atoms with van der Waals surface area (Å²) in [4.78, 5) is 24.6. The van der Waals surface area contributed by atoms with Gasteiger partial charge in [-0.1, -0.05) is 17.7 Å². The molecule has 0 saturated carbocycles. The lowest BCUT2D eigenvalue weighted by molar-refractivity contribution is -0.148. The third-order valence-electron chi connectivity index (χ3n) is 2.95. The number of nitriles is 1. The molecular weight excluding hydrogens is 348 g/mol. The minimum absolute atomic E-state index is 0.235. The Labute approximate surface area is 148 Å². The fourth-order valence-corrected chi connectivity index (χ4v) is 2.57. The molecule has 24 heavy (non-hydrogen) atoms. The van der Waals surface area contributed by atoms with E-state index in [1.54, 1.807) is 12.1 Å². The summed E-state index contributed by atoms with van der Waals surface area (Å²) in [6, 6.07) is 10.2. The van der Waals surface area contributed by atoms with Crippen molar-refractivity contribution in [1.29, 1.82) is 5.26 Å². The SMILES string of the molecule is C[C@@H](OC(=O)/C=C/c1cccs1)C(=O)Nc1ccc(C#N)c(Cl)c1. The lowest BCUT2D eigenvalue weighted by atomic mass is 10.2. The van der Waals surface area contributed by atoms with E-state index in [0.29, 0.717) is 11.3 Å². The molecule has 122 valence electrons. The number of hydrogen-bond donors (Lipinski definition) is 1. The molecule has 0 aliphatic heterocycles. The molecule has 5 nitrogen and oxygen atoms in total. The van der Waals surface area contributed by atoms with Crippen molar-refractivity contribution in [3.05, 3.63) is 57.3 Å². The van der Waals surface area contributed by atoms with Crippen molar-refractivity contribution in [2.75, 3.05) is 5.32 Å². The van der Waals surface area contributed by atoms with Gasteiger partial charge in [0.2, 0.25) is 0 Å². The van der Waals surface area contributed by atoms with E-state index in [2.05, 4.69) is 5.32 Å². The van der Waals surface area contributed by atoms with Crippen molar-refractivity contribution < 1.29 is 14.3 Å². The van der Waals surface area contributed by atoms with Crippen LogP contribution in [-0.4, -0.2) is 18.0 Å². The predicted octanol–water partition coefficient (Wildman–Crippen LogP) is 3.86. The number of thiophene rings is 1. The van der Waals surface area contributed by atoms with Gasteiger partial charge in [-0.2, -0.15) is 5.26 Å². The van der Waals surface area contributed by atoms with Crippen molar-refractivity contribution in [3.63, 3.8) is 0 Å². The van der Waals surface area contributed by atoms with Gasteiger partial charge in [0, 0.05) is 16.6 Å². The van der Waals surface area contributed by atoms with Gasteiger partial charge in [0.05, 0.1) is 10.6 Å². The number of nitrogens with one attached hydrogen (secondary N) is 1. The Hall–Kier alpha value is -2.62. The van der Waals surface area contributed by atoms with Gasteiger partial charge in [-0.15, -0.1) is 11.3 Å². The van der Waals surface area contributed by atoms with E-state index in [1.807, 2.05) is 23.6 Å². The van der Waals surface area contributed by atoms with E-state index in [0.717, 1.165) is 4.88 Å². The molecule has 0 fully saturated rings. The number of amides is 1. The highest BCUT2D eigenvalue weighted by molar-refractivity contribution is 7.10. The van der Waals surface area contributed by atoms with Gasteiger partial charge in [-0.25, -0.2) is 4.79 Å². The fraction of sp³-hybridized carbons (Fsp3) is 0.118. The van der Waals surface area contributed by atoms with Crippen LogP contribution in [0.1, 0.15) is 17.4 Å². The number of anilines is 1. The molecule has 0 spiro atoms. The highest BCUT2D eigenvalue weighted by Crippen LogP contribution is 2.20. The molecule has 7 heteroatoms. The molecule has 2 aromatic rings. The summed E-state index contributed by atoms with van der Waals surface area (Å²) in [5.41, 5.74) is 0.730. The number of carbonyl (C=O) groups excluding carboxylic acids is 2. The van der Waals surface area contributed by atoms with Crippen LogP contribution in [0, 0.1) is 11.3 Å². The van der Waals surface area contributed by atoms with Gasteiger partial charge in [-0.3, -0.25) is 4.79 Å². The number of nitrogens with zero attached hydrogens (tertiary/aromatic N) is 1. The van der Waals surface area contributed by atoms with Gasteiger partial charge >= 0.3 is 5.97 Å². The molecule has 0 aliphatic carbocycles. The van der Waals surface area contributed by atoms with Gasteiger partial charge in [-0.05, 0) is 42.6 Å². The average molecular weight is 361 g/mol. The van der Waals surface area contributed by atoms with Gasteiger partial charge in [0.1, 0.15) is 6.07 Å². The molecule has 1 aromatic heterocycles. The lowest BCUT2D eigenvalue weighted by Crippen LogP contribution is -2.29. The molecule has 2 rings (SSSR count). The van der Waals surface area contributed by atoms with Crippen LogP contribution in [-0.2, 0) is 14.3 Å². The van der Waals surface area contributed by atoms with E-state index in [-0.39, 0.29) is 5.02 Å². The lowest BCUT2D eigenvalue weighted by Gasteiger charge is -2.12. The highest BCUT2D eigenvalue weighted by atomic mass is 35.5. The summed E-state index contributed by atoms with van der Waals surface area (Å²) < 4.78 is 5.04. The molecule has 1 heterocycles. The molecule has 1 atom stereocenters. The number of halogens is 1. The van der Waals surface area contributed by atoms with E-state index in [9.17, 15) is 9.59 Å². The first kappa shape index (κ1) is 17.7. The number of esters is 1.